The van der Waals surface area contributed by atoms with E-state index in [9.17, 15) is 4.79 Å². The molecule has 0 aliphatic carbocycles. The number of ketones is 1. The molecule has 0 spiro atoms. The molecular weight excluding hydrogens is 198 g/mol. The van der Waals surface area contributed by atoms with Crippen LogP contribution in [0.1, 0.15) is 18.4 Å². The summed E-state index contributed by atoms with van der Waals surface area (Å²) in [5.41, 5.74) is 0.598. The molecule has 1 aromatic carbocycles. The van der Waals surface area contributed by atoms with E-state index in [-0.39, 0.29) is 5.78 Å². The lowest BCUT2D eigenvalue weighted by Gasteiger charge is -2.35. The van der Waals surface area contributed by atoms with Crippen molar-refractivity contribution in [3.8, 4) is 12.3 Å². The molecule has 1 aliphatic rings. The highest BCUT2D eigenvalue weighted by atomic mass is 16.1. The molecule has 16 heavy (non-hydrogen) atoms. The van der Waals surface area contributed by atoms with Crippen LogP contribution in [0.2, 0.25) is 0 Å². The van der Waals surface area contributed by atoms with Crippen molar-refractivity contribution < 1.29 is 4.79 Å². The van der Waals surface area contributed by atoms with Crippen molar-refractivity contribution in [2.45, 2.75) is 18.3 Å². The van der Waals surface area contributed by atoms with Gasteiger partial charge in [0, 0.05) is 0 Å². The van der Waals surface area contributed by atoms with Gasteiger partial charge >= 0.3 is 0 Å². The molecule has 0 saturated carbocycles. The van der Waals surface area contributed by atoms with Gasteiger partial charge in [-0.1, -0.05) is 30.3 Å². The number of terminal acetylenes is 1. The van der Waals surface area contributed by atoms with Gasteiger partial charge in [-0.25, -0.2) is 0 Å². The summed E-state index contributed by atoms with van der Waals surface area (Å²) in [5, 5.41) is 3.27. The van der Waals surface area contributed by atoms with Gasteiger partial charge in [0.2, 0.25) is 5.78 Å². The maximum absolute atomic E-state index is 12.0. The number of hydrogen-bond donors (Lipinski definition) is 1. The second-order valence-electron chi connectivity index (χ2n) is 4.17. The van der Waals surface area contributed by atoms with Gasteiger partial charge in [0.05, 0.1) is 5.41 Å². The normalized spacial score (nSPS) is 18.7. The molecule has 82 valence electrons. The maximum atomic E-state index is 12.0. The van der Waals surface area contributed by atoms with Gasteiger partial charge in [0.1, 0.15) is 0 Å². The highest BCUT2D eigenvalue weighted by Gasteiger charge is 2.39. The Bertz CT molecular complexity index is 410. The predicted octanol–water partition coefficient (Wildman–Crippen LogP) is 1.51. The molecule has 1 heterocycles. The van der Waals surface area contributed by atoms with Crippen molar-refractivity contribution in [1.82, 2.24) is 5.32 Å². The van der Waals surface area contributed by atoms with Crippen LogP contribution < -0.4 is 5.32 Å². The fraction of sp³-hybridized carbons (Fsp3) is 0.357. The van der Waals surface area contributed by atoms with E-state index in [1.807, 2.05) is 30.3 Å². The topological polar surface area (TPSA) is 29.1 Å². The zero-order valence-corrected chi connectivity index (χ0v) is 9.20. The second kappa shape index (κ2) is 4.51. The number of carbonyl (C=O) groups excluding carboxylic acids is 1. The van der Waals surface area contributed by atoms with Gasteiger partial charge in [-0.15, -0.1) is 6.42 Å². The molecule has 2 rings (SSSR count). The SMILES string of the molecule is C#CC(=O)C1(c2ccccc2)CCNCC1. The molecule has 0 unspecified atom stereocenters. The summed E-state index contributed by atoms with van der Waals surface area (Å²) in [4.78, 5) is 12.0. The number of nitrogens with one attached hydrogen (secondary N) is 1. The number of benzene rings is 1. The summed E-state index contributed by atoms with van der Waals surface area (Å²) in [6.07, 6.45) is 6.89. The zero-order chi connectivity index (χ0) is 11.4. The van der Waals surface area contributed by atoms with Crippen LogP contribution in [-0.4, -0.2) is 18.9 Å². The van der Waals surface area contributed by atoms with Gasteiger partial charge in [0.25, 0.3) is 0 Å². The van der Waals surface area contributed by atoms with Crippen LogP contribution in [0.4, 0.5) is 0 Å². The molecule has 0 aromatic heterocycles. The first-order valence-corrected chi connectivity index (χ1v) is 5.57. The van der Waals surface area contributed by atoms with E-state index >= 15 is 0 Å². The van der Waals surface area contributed by atoms with Crippen LogP contribution in [0.25, 0.3) is 0 Å². The zero-order valence-electron chi connectivity index (χ0n) is 9.20. The van der Waals surface area contributed by atoms with E-state index in [4.69, 9.17) is 6.42 Å². The van der Waals surface area contributed by atoms with Crippen molar-refractivity contribution in [1.29, 1.82) is 0 Å². The number of rotatable bonds is 2. The molecule has 2 heteroatoms. The lowest BCUT2D eigenvalue weighted by atomic mass is 9.70. The van der Waals surface area contributed by atoms with Crippen molar-refractivity contribution in [3.05, 3.63) is 35.9 Å². The third kappa shape index (κ3) is 1.75. The summed E-state index contributed by atoms with van der Waals surface area (Å²) in [6, 6.07) is 9.88. The molecule has 0 amide bonds. The Balaban J connectivity index is 2.43. The molecular formula is C14H15NO. The molecule has 1 fully saturated rings. The Morgan fingerprint density at radius 3 is 2.44 bits per heavy atom. The molecule has 1 aromatic rings. The molecule has 2 nitrogen and oxygen atoms in total. The molecule has 0 bridgehead atoms. The van der Waals surface area contributed by atoms with Crippen LogP contribution >= 0.6 is 0 Å². The van der Waals surface area contributed by atoms with Gasteiger partial charge in [-0.05, 0) is 37.4 Å². The summed E-state index contributed by atoms with van der Waals surface area (Å²) >= 11 is 0. The predicted molar refractivity (Wildman–Crippen MR) is 64.1 cm³/mol. The average Bonchev–Trinajstić information content (AvgIpc) is 2.39. The van der Waals surface area contributed by atoms with Crippen LogP contribution in [0.15, 0.2) is 30.3 Å². The van der Waals surface area contributed by atoms with Crippen molar-refractivity contribution >= 4 is 5.78 Å². The van der Waals surface area contributed by atoms with Gasteiger partial charge in [-0.2, -0.15) is 0 Å². The average molecular weight is 213 g/mol. The lowest BCUT2D eigenvalue weighted by Crippen LogP contribution is -2.45. The van der Waals surface area contributed by atoms with Crippen LogP contribution in [0, 0.1) is 12.3 Å². The van der Waals surface area contributed by atoms with E-state index in [2.05, 4.69) is 11.2 Å². The first-order chi connectivity index (χ1) is 7.79. The molecule has 0 radical (unpaired) electrons. The molecule has 0 atom stereocenters. The number of hydrogen-bond acceptors (Lipinski definition) is 2. The van der Waals surface area contributed by atoms with Gasteiger partial charge in [-0.3, -0.25) is 4.79 Å². The first-order valence-electron chi connectivity index (χ1n) is 5.57. The van der Waals surface area contributed by atoms with E-state index < -0.39 is 5.41 Å². The minimum absolute atomic E-state index is 0.0831. The standard InChI is InChI=1S/C14H15NO/c1-2-13(16)14(8-10-15-11-9-14)12-6-4-3-5-7-12/h1,3-7,15H,8-11H2. The first kappa shape index (κ1) is 10.9. The Labute approximate surface area is 96.1 Å². The minimum Gasteiger partial charge on any atom is -0.317 e. The molecule has 1 saturated heterocycles. The van der Waals surface area contributed by atoms with Crippen LogP contribution in [-0.2, 0) is 10.2 Å². The fourth-order valence-electron chi connectivity index (χ4n) is 2.40. The largest absolute Gasteiger partial charge is 0.317 e. The van der Waals surface area contributed by atoms with Gasteiger partial charge < -0.3 is 5.32 Å². The van der Waals surface area contributed by atoms with E-state index in [0.29, 0.717) is 0 Å². The third-order valence-corrected chi connectivity index (χ3v) is 3.35. The third-order valence-electron chi connectivity index (χ3n) is 3.35. The lowest BCUT2D eigenvalue weighted by molar-refractivity contribution is -0.119. The highest BCUT2D eigenvalue weighted by Crippen LogP contribution is 2.34. The van der Waals surface area contributed by atoms with Gasteiger partial charge in [0.15, 0.2) is 0 Å². The fourth-order valence-corrected chi connectivity index (χ4v) is 2.40. The summed E-state index contributed by atoms with van der Waals surface area (Å²) < 4.78 is 0. The molecule has 1 N–H and O–H groups in total. The van der Waals surface area contributed by atoms with Crippen LogP contribution in [0.3, 0.4) is 0 Å². The monoisotopic (exact) mass is 213 g/mol. The van der Waals surface area contributed by atoms with Crippen LogP contribution in [0.5, 0.6) is 0 Å². The quantitative estimate of drug-likeness (QED) is 0.596. The van der Waals surface area contributed by atoms with E-state index in [1.165, 1.54) is 0 Å². The number of Topliss-reactive ketones (excluding diaryl/α,β-unsaturated/α-hetero) is 1. The Kier molecular flexibility index (Phi) is 3.07. The summed E-state index contributed by atoms with van der Waals surface area (Å²) in [6.45, 7) is 1.70. The number of piperidine rings is 1. The van der Waals surface area contributed by atoms with Crippen molar-refractivity contribution in [2.24, 2.45) is 0 Å². The second-order valence-corrected chi connectivity index (χ2v) is 4.17. The van der Waals surface area contributed by atoms with Crippen molar-refractivity contribution in [2.75, 3.05) is 13.1 Å². The van der Waals surface area contributed by atoms with Crippen molar-refractivity contribution in [3.63, 3.8) is 0 Å². The Morgan fingerprint density at radius 1 is 1.25 bits per heavy atom. The highest BCUT2D eigenvalue weighted by molar-refractivity contribution is 6.03. The Hall–Kier alpha value is -1.59. The number of carbonyl (C=O) groups is 1. The minimum atomic E-state index is -0.457. The van der Waals surface area contributed by atoms with E-state index in [0.717, 1.165) is 31.5 Å². The summed E-state index contributed by atoms with van der Waals surface area (Å²) in [5.74, 6) is 2.22. The summed E-state index contributed by atoms with van der Waals surface area (Å²) in [7, 11) is 0. The maximum Gasteiger partial charge on any atom is 0.215 e. The smallest absolute Gasteiger partial charge is 0.215 e. The molecule has 1 aliphatic heterocycles. The Morgan fingerprint density at radius 2 is 1.88 bits per heavy atom. The van der Waals surface area contributed by atoms with E-state index in [1.54, 1.807) is 0 Å².